The van der Waals surface area contributed by atoms with Crippen molar-refractivity contribution in [1.29, 1.82) is 0 Å². The van der Waals surface area contributed by atoms with Crippen LogP contribution < -0.4 is 5.56 Å². The summed E-state index contributed by atoms with van der Waals surface area (Å²) in [6.07, 6.45) is 1.52. The first-order valence-electron chi connectivity index (χ1n) is 11.4. The van der Waals surface area contributed by atoms with E-state index < -0.39 is 0 Å². The zero-order chi connectivity index (χ0) is 24.4. The maximum atomic E-state index is 13.3. The Kier molecular flexibility index (Phi) is 7.42. The smallest absolute Gasteiger partial charge is 0.310 e. The van der Waals surface area contributed by atoms with Gasteiger partial charge in [-0.1, -0.05) is 30.0 Å². The number of likely N-dealkylation sites (tertiary alicyclic amines) is 1. The molecule has 7 nitrogen and oxygen atoms in total. The number of thiophene rings is 1. The molecule has 2 aromatic heterocycles. The van der Waals surface area contributed by atoms with Crippen LogP contribution in [0.2, 0.25) is 0 Å². The van der Waals surface area contributed by atoms with Gasteiger partial charge in [0, 0.05) is 31.1 Å². The molecule has 1 unspecified atom stereocenters. The molecule has 1 atom stereocenters. The summed E-state index contributed by atoms with van der Waals surface area (Å²) in [5.41, 5.74) is 4.16. The van der Waals surface area contributed by atoms with E-state index in [9.17, 15) is 14.4 Å². The van der Waals surface area contributed by atoms with Crippen LogP contribution in [0.1, 0.15) is 30.9 Å². The SMILES string of the molecule is CCOC(=O)C1CCCN(C(=O)CSc2nc3scc(-c4ccc(C)c(C)c4)c3c(=O)n2C)C1. The van der Waals surface area contributed by atoms with Crippen molar-refractivity contribution in [2.75, 3.05) is 25.4 Å². The molecule has 1 amide bonds. The van der Waals surface area contributed by atoms with E-state index in [-0.39, 0.29) is 29.1 Å². The molecule has 34 heavy (non-hydrogen) atoms. The highest BCUT2D eigenvalue weighted by Gasteiger charge is 2.29. The van der Waals surface area contributed by atoms with Gasteiger partial charge in [-0.2, -0.15) is 0 Å². The van der Waals surface area contributed by atoms with Crippen molar-refractivity contribution in [3.05, 3.63) is 45.1 Å². The minimum Gasteiger partial charge on any atom is -0.466 e. The minimum atomic E-state index is -0.267. The van der Waals surface area contributed by atoms with Crippen LogP contribution in [0.25, 0.3) is 21.3 Å². The zero-order valence-corrected chi connectivity index (χ0v) is 21.6. The largest absolute Gasteiger partial charge is 0.466 e. The van der Waals surface area contributed by atoms with Gasteiger partial charge in [-0.3, -0.25) is 19.0 Å². The van der Waals surface area contributed by atoms with Crippen molar-refractivity contribution in [2.45, 2.75) is 38.8 Å². The van der Waals surface area contributed by atoms with E-state index in [2.05, 4.69) is 26.0 Å². The Balaban J connectivity index is 1.51. The zero-order valence-electron chi connectivity index (χ0n) is 19.9. The lowest BCUT2D eigenvalue weighted by atomic mass is 9.98. The van der Waals surface area contributed by atoms with E-state index in [4.69, 9.17) is 9.72 Å². The molecular formula is C25H29N3O4S2. The molecule has 3 aromatic rings. The number of aromatic nitrogens is 2. The number of esters is 1. The average Bonchev–Trinajstić information content (AvgIpc) is 3.26. The molecule has 1 aliphatic heterocycles. The summed E-state index contributed by atoms with van der Waals surface area (Å²) in [5, 5.41) is 3.10. The third kappa shape index (κ3) is 4.90. The van der Waals surface area contributed by atoms with Crippen LogP contribution in [0.5, 0.6) is 0 Å². The molecule has 1 fully saturated rings. The lowest BCUT2D eigenvalue weighted by Crippen LogP contribution is -2.43. The molecule has 0 saturated carbocycles. The topological polar surface area (TPSA) is 81.5 Å². The monoisotopic (exact) mass is 499 g/mol. The van der Waals surface area contributed by atoms with Gasteiger partial charge < -0.3 is 9.64 Å². The highest BCUT2D eigenvalue weighted by atomic mass is 32.2. The van der Waals surface area contributed by atoms with Crippen LogP contribution in [0.3, 0.4) is 0 Å². The molecule has 1 saturated heterocycles. The Morgan fingerprint density at radius 2 is 2.06 bits per heavy atom. The van der Waals surface area contributed by atoms with E-state index in [0.717, 1.165) is 24.0 Å². The number of nitrogens with zero attached hydrogens (tertiary/aromatic N) is 3. The fourth-order valence-electron chi connectivity index (χ4n) is 4.18. The number of rotatable bonds is 6. The molecule has 0 N–H and O–H groups in total. The first-order chi connectivity index (χ1) is 16.3. The molecule has 1 aliphatic rings. The van der Waals surface area contributed by atoms with Crippen LogP contribution in [0.4, 0.5) is 0 Å². The number of hydrogen-bond acceptors (Lipinski definition) is 7. The van der Waals surface area contributed by atoms with Gasteiger partial charge in [-0.05, 0) is 50.3 Å². The van der Waals surface area contributed by atoms with Crippen LogP contribution >= 0.6 is 23.1 Å². The Bertz CT molecular complexity index is 1300. The van der Waals surface area contributed by atoms with Gasteiger partial charge in [0.15, 0.2) is 5.16 Å². The van der Waals surface area contributed by atoms with E-state index in [1.807, 2.05) is 11.4 Å². The summed E-state index contributed by atoms with van der Waals surface area (Å²) in [6.45, 7) is 7.27. The minimum absolute atomic E-state index is 0.0599. The lowest BCUT2D eigenvalue weighted by Gasteiger charge is -2.31. The second-order valence-corrected chi connectivity index (χ2v) is 10.4. The quantitative estimate of drug-likeness (QED) is 0.288. The van der Waals surface area contributed by atoms with Gasteiger partial charge >= 0.3 is 5.97 Å². The summed E-state index contributed by atoms with van der Waals surface area (Å²) < 4.78 is 6.65. The number of hydrogen-bond donors (Lipinski definition) is 0. The molecule has 4 rings (SSSR count). The van der Waals surface area contributed by atoms with Crippen LogP contribution in [0, 0.1) is 19.8 Å². The maximum absolute atomic E-state index is 13.3. The average molecular weight is 500 g/mol. The number of amides is 1. The Hall–Kier alpha value is -2.65. The molecule has 0 spiro atoms. The van der Waals surface area contributed by atoms with Crippen molar-refractivity contribution in [3.63, 3.8) is 0 Å². The second-order valence-electron chi connectivity index (χ2n) is 8.61. The summed E-state index contributed by atoms with van der Waals surface area (Å²) in [4.78, 5) is 45.3. The van der Waals surface area contributed by atoms with Crippen LogP contribution in [-0.2, 0) is 21.4 Å². The summed E-state index contributed by atoms with van der Waals surface area (Å²) in [5.74, 6) is -0.400. The molecule has 180 valence electrons. The predicted molar refractivity (Wildman–Crippen MR) is 136 cm³/mol. The van der Waals surface area contributed by atoms with Crippen LogP contribution in [-0.4, -0.2) is 51.8 Å². The number of carbonyl (C=O) groups excluding carboxylic acids is 2. The summed E-state index contributed by atoms with van der Waals surface area (Å²) in [6, 6.07) is 6.20. The molecule has 3 heterocycles. The Labute approximate surface area is 207 Å². The van der Waals surface area contributed by atoms with Crippen molar-refractivity contribution >= 4 is 45.2 Å². The van der Waals surface area contributed by atoms with Crippen molar-refractivity contribution in [3.8, 4) is 11.1 Å². The number of thioether (sulfide) groups is 1. The number of fused-ring (bicyclic) bond motifs is 1. The molecule has 0 aliphatic carbocycles. The number of benzene rings is 1. The van der Waals surface area contributed by atoms with Crippen molar-refractivity contribution < 1.29 is 14.3 Å². The normalized spacial score (nSPS) is 16.1. The van der Waals surface area contributed by atoms with E-state index >= 15 is 0 Å². The molecule has 1 aromatic carbocycles. The standard InChI is InChI=1S/C25H29N3O4S2/c1-5-32-24(31)18-7-6-10-28(12-18)20(29)14-34-25-26-22-21(23(30)27(25)4)19(13-33-22)17-9-8-15(2)16(3)11-17/h8-9,11,13,18H,5-7,10,12,14H2,1-4H3. The summed E-state index contributed by atoms with van der Waals surface area (Å²) >= 11 is 2.70. The number of piperidine rings is 1. The predicted octanol–water partition coefficient (Wildman–Crippen LogP) is 4.17. The van der Waals surface area contributed by atoms with Crippen LogP contribution in [0.15, 0.2) is 33.5 Å². The number of carbonyl (C=O) groups is 2. The first-order valence-corrected chi connectivity index (χ1v) is 13.3. The van der Waals surface area contributed by atoms with Gasteiger partial charge in [-0.25, -0.2) is 4.98 Å². The fourth-order valence-corrected chi connectivity index (χ4v) is 6.04. The Morgan fingerprint density at radius 3 is 2.79 bits per heavy atom. The van der Waals surface area contributed by atoms with Gasteiger partial charge in [0.05, 0.1) is 23.7 Å². The molecule has 9 heteroatoms. The number of aryl methyl sites for hydroxylation is 2. The van der Waals surface area contributed by atoms with E-state index in [1.165, 1.54) is 38.8 Å². The maximum Gasteiger partial charge on any atom is 0.310 e. The van der Waals surface area contributed by atoms with Gasteiger partial charge in [0.25, 0.3) is 5.56 Å². The van der Waals surface area contributed by atoms with E-state index in [1.54, 1.807) is 18.9 Å². The third-order valence-corrected chi connectivity index (χ3v) is 8.20. The first kappa shape index (κ1) is 24.5. The van der Waals surface area contributed by atoms with E-state index in [0.29, 0.717) is 35.1 Å². The second kappa shape index (κ2) is 10.3. The fraction of sp³-hybridized carbons (Fsp3) is 0.440. The highest BCUT2D eigenvalue weighted by Crippen LogP contribution is 2.33. The molecular weight excluding hydrogens is 470 g/mol. The lowest BCUT2D eigenvalue weighted by molar-refractivity contribution is -0.151. The van der Waals surface area contributed by atoms with Crippen molar-refractivity contribution in [1.82, 2.24) is 14.5 Å². The Morgan fingerprint density at radius 1 is 1.26 bits per heavy atom. The number of ether oxygens (including phenoxy) is 1. The third-order valence-electron chi connectivity index (χ3n) is 6.31. The molecule has 0 bridgehead atoms. The highest BCUT2D eigenvalue weighted by molar-refractivity contribution is 7.99. The van der Waals surface area contributed by atoms with Crippen molar-refractivity contribution in [2.24, 2.45) is 13.0 Å². The molecule has 0 radical (unpaired) electrons. The summed E-state index contributed by atoms with van der Waals surface area (Å²) in [7, 11) is 1.70. The van der Waals surface area contributed by atoms with Gasteiger partial charge in [0.1, 0.15) is 4.83 Å². The van der Waals surface area contributed by atoms with Gasteiger partial charge in [-0.15, -0.1) is 11.3 Å². The van der Waals surface area contributed by atoms with Gasteiger partial charge in [0.2, 0.25) is 5.91 Å².